The number of hydrogen-bond donors (Lipinski definition) is 1. The predicted molar refractivity (Wildman–Crippen MR) is 138 cm³/mol. The van der Waals surface area contributed by atoms with Crippen molar-refractivity contribution >= 4 is 21.4 Å². The summed E-state index contributed by atoms with van der Waals surface area (Å²) in [5, 5.41) is 0. The molecule has 37 heavy (non-hydrogen) atoms. The van der Waals surface area contributed by atoms with Crippen molar-refractivity contribution in [1.29, 1.82) is 0 Å². The number of fused-ring (bicyclic) bond motifs is 1. The average Bonchev–Trinajstić information content (AvgIpc) is 2.84. The monoisotopic (exact) mass is 522 g/mol. The highest BCUT2D eigenvalue weighted by Crippen LogP contribution is 2.31. The minimum atomic E-state index is -3.91. The van der Waals surface area contributed by atoms with Crippen molar-refractivity contribution in [2.45, 2.75) is 18.7 Å². The number of benzene rings is 1. The molecule has 0 saturated carbocycles. The third-order valence-corrected chi connectivity index (χ3v) is 7.62. The largest absolute Gasteiger partial charge is 0.486 e. The third kappa shape index (κ3) is 5.00. The first-order chi connectivity index (χ1) is 17.7. The van der Waals surface area contributed by atoms with Crippen LogP contribution < -0.4 is 19.8 Å². The van der Waals surface area contributed by atoms with Crippen molar-refractivity contribution in [3.8, 4) is 22.8 Å². The number of rotatable bonds is 8. The Bertz CT molecular complexity index is 1650. The van der Waals surface area contributed by atoms with E-state index < -0.39 is 10.0 Å². The van der Waals surface area contributed by atoms with E-state index in [1.807, 2.05) is 6.92 Å². The van der Waals surface area contributed by atoms with E-state index in [0.29, 0.717) is 42.2 Å². The van der Waals surface area contributed by atoms with Gasteiger partial charge in [0.05, 0.1) is 38.0 Å². The highest BCUT2D eigenvalue weighted by Gasteiger charge is 2.21. The fourth-order valence-corrected chi connectivity index (χ4v) is 5.34. The number of aryl methyl sites for hydroxylation is 2. The van der Waals surface area contributed by atoms with E-state index in [1.54, 1.807) is 55.7 Å². The molecule has 0 bridgehead atoms. The molecule has 1 fully saturated rings. The van der Waals surface area contributed by atoms with Crippen LogP contribution in [0.3, 0.4) is 0 Å². The van der Waals surface area contributed by atoms with Gasteiger partial charge in [0, 0.05) is 29.4 Å². The molecule has 0 radical (unpaired) electrons. The third-order valence-electron chi connectivity index (χ3n) is 6.09. The van der Waals surface area contributed by atoms with Gasteiger partial charge in [0.2, 0.25) is 11.6 Å². The molecule has 1 aromatic carbocycles. The van der Waals surface area contributed by atoms with E-state index in [2.05, 4.69) is 14.7 Å². The highest BCUT2D eigenvalue weighted by atomic mass is 32.2. The van der Waals surface area contributed by atoms with Crippen LogP contribution in [0.2, 0.25) is 0 Å². The average molecular weight is 523 g/mol. The van der Waals surface area contributed by atoms with Gasteiger partial charge in [-0.05, 0) is 43.7 Å². The zero-order valence-corrected chi connectivity index (χ0v) is 21.4. The van der Waals surface area contributed by atoms with E-state index >= 15 is 0 Å². The number of hydrogen-bond acceptors (Lipinski definition) is 8. The Morgan fingerprint density at radius 1 is 1.08 bits per heavy atom. The quantitative estimate of drug-likeness (QED) is 0.375. The summed E-state index contributed by atoms with van der Waals surface area (Å²) in [5.74, 6) is 0.534. The Morgan fingerprint density at radius 3 is 2.59 bits per heavy atom. The molecule has 192 valence electrons. The lowest BCUT2D eigenvalue weighted by atomic mass is 10.1. The second-order valence-corrected chi connectivity index (χ2v) is 10.6. The fourth-order valence-electron chi connectivity index (χ4n) is 4.06. The van der Waals surface area contributed by atoms with Crippen LogP contribution in [0.4, 0.5) is 5.69 Å². The lowest BCUT2D eigenvalue weighted by Gasteiger charge is -2.25. The molecule has 0 atom stereocenters. The summed E-state index contributed by atoms with van der Waals surface area (Å²) in [6.07, 6.45) is 4.59. The van der Waals surface area contributed by atoms with Gasteiger partial charge in [-0.15, -0.1) is 0 Å². The number of anilines is 1. The molecule has 5 rings (SSSR count). The van der Waals surface area contributed by atoms with Crippen LogP contribution in [0.1, 0.15) is 11.1 Å². The molecule has 4 aromatic rings. The molecular weight excluding hydrogens is 496 g/mol. The molecule has 0 aliphatic carbocycles. The van der Waals surface area contributed by atoms with Gasteiger partial charge in [-0.2, -0.15) is 0 Å². The van der Waals surface area contributed by atoms with Crippen LogP contribution in [0, 0.1) is 19.8 Å². The molecule has 0 amide bonds. The van der Waals surface area contributed by atoms with Crippen LogP contribution in [-0.4, -0.2) is 49.7 Å². The van der Waals surface area contributed by atoms with Gasteiger partial charge in [-0.25, -0.2) is 18.4 Å². The molecule has 1 saturated heterocycles. The first-order valence-electron chi connectivity index (χ1n) is 11.6. The normalized spacial score (nSPS) is 13.8. The number of aromatic nitrogens is 3. The topological polar surface area (TPSA) is 121 Å². The Hall–Kier alpha value is -3.96. The van der Waals surface area contributed by atoms with Crippen LogP contribution in [0.5, 0.6) is 11.6 Å². The van der Waals surface area contributed by atoms with Gasteiger partial charge in [-0.1, -0.05) is 17.7 Å². The molecule has 1 N–H and O–H groups in total. The molecule has 0 spiro atoms. The molecule has 1 aliphatic rings. The number of ether oxygens (including phenoxy) is 3. The highest BCUT2D eigenvalue weighted by molar-refractivity contribution is 7.92. The molecular formula is C26H26N4O6S. The molecule has 0 unspecified atom stereocenters. The number of nitrogens with zero attached hydrogens (tertiary/aromatic N) is 3. The second-order valence-electron chi connectivity index (χ2n) is 8.94. The molecule has 11 heteroatoms. The van der Waals surface area contributed by atoms with Gasteiger partial charge >= 0.3 is 0 Å². The van der Waals surface area contributed by atoms with Crippen LogP contribution in [0.15, 0.2) is 64.7 Å². The van der Waals surface area contributed by atoms with Crippen molar-refractivity contribution in [2.24, 2.45) is 5.92 Å². The van der Waals surface area contributed by atoms with Crippen molar-refractivity contribution in [3.63, 3.8) is 0 Å². The maximum absolute atomic E-state index is 13.2. The summed E-state index contributed by atoms with van der Waals surface area (Å²) in [7, 11) is -2.50. The first-order valence-corrected chi connectivity index (χ1v) is 13.1. The van der Waals surface area contributed by atoms with Gasteiger partial charge in [-0.3, -0.25) is 13.9 Å². The van der Waals surface area contributed by atoms with Crippen LogP contribution in [0.25, 0.3) is 16.8 Å². The number of pyridine rings is 2. The SMILES string of the molecule is COc1ncc(-c2ccc3ncc(OCC4COC4)c(=O)n3c2)cc1NS(=O)(=O)c1ccc(C)cc1C. The summed E-state index contributed by atoms with van der Waals surface area (Å²) >= 11 is 0. The zero-order valence-electron chi connectivity index (χ0n) is 20.6. The number of methoxy groups -OCH3 is 1. The molecule has 3 aromatic heterocycles. The zero-order chi connectivity index (χ0) is 26.2. The second kappa shape index (κ2) is 9.83. The van der Waals surface area contributed by atoms with Gasteiger partial charge < -0.3 is 14.2 Å². The van der Waals surface area contributed by atoms with Crippen molar-refractivity contribution in [2.75, 3.05) is 31.7 Å². The summed E-state index contributed by atoms with van der Waals surface area (Å²) in [4.78, 5) is 21.8. The van der Waals surface area contributed by atoms with Crippen molar-refractivity contribution in [3.05, 3.63) is 76.5 Å². The Balaban J connectivity index is 1.49. The summed E-state index contributed by atoms with van der Waals surface area (Å²) < 4.78 is 46.5. The van der Waals surface area contributed by atoms with E-state index in [1.165, 1.54) is 17.7 Å². The minimum absolute atomic E-state index is 0.118. The predicted octanol–water partition coefficient (Wildman–Crippen LogP) is 3.21. The Kier molecular flexibility index (Phi) is 6.57. The molecule has 4 heterocycles. The number of nitrogens with one attached hydrogen (secondary N) is 1. The lowest BCUT2D eigenvalue weighted by molar-refractivity contribution is -0.0510. The maximum Gasteiger partial charge on any atom is 0.300 e. The summed E-state index contributed by atoms with van der Waals surface area (Å²) in [5.41, 5.74) is 3.07. The van der Waals surface area contributed by atoms with Crippen LogP contribution >= 0.6 is 0 Å². The van der Waals surface area contributed by atoms with Gasteiger partial charge in [0.15, 0.2) is 0 Å². The van der Waals surface area contributed by atoms with Gasteiger partial charge in [0.1, 0.15) is 11.3 Å². The minimum Gasteiger partial charge on any atom is -0.486 e. The Morgan fingerprint density at radius 2 is 1.89 bits per heavy atom. The Labute approximate surface area is 213 Å². The summed E-state index contributed by atoms with van der Waals surface area (Å²) in [6, 6.07) is 10.2. The van der Waals surface area contributed by atoms with E-state index in [-0.39, 0.29) is 33.7 Å². The van der Waals surface area contributed by atoms with Crippen molar-refractivity contribution < 1.29 is 22.6 Å². The van der Waals surface area contributed by atoms with E-state index in [0.717, 1.165) is 5.56 Å². The lowest BCUT2D eigenvalue weighted by Crippen LogP contribution is -2.33. The van der Waals surface area contributed by atoms with E-state index in [4.69, 9.17) is 14.2 Å². The number of sulfonamides is 1. The molecule has 1 aliphatic heterocycles. The maximum atomic E-state index is 13.2. The van der Waals surface area contributed by atoms with Gasteiger partial charge in [0.25, 0.3) is 15.6 Å². The fraction of sp³-hybridized carbons (Fsp3) is 0.269. The smallest absolute Gasteiger partial charge is 0.300 e. The molecule has 10 nitrogen and oxygen atoms in total. The summed E-state index contributed by atoms with van der Waals surface area (Å²) in [6.45, 7) is 5.26. The first kappa shape index (κ1) is 24.7. The van der Waals surface area contributed by atoms with Crippen LogP contribution in [-0.2, 0) is 14.8 Å². The standard InChI is InChI=1S/C26H26N4O6S/c1-16-4-6-23(17(2)8-16)37(32,33)29-21-9-20(10-28-25(21)34-3)19-5-7-24-27-11-22(26(31)30(24)12-19)36-15-18-13-35-14-18/h4-12,18,29H,13-15H2,1-3H3. The van der Waals surface area contributed by atoms with E-state index in [9.17, 15) is 13.2 Å². The van der Waals surface area contributed by atoms with Crippen molar-refractivity contribution in [1.82, 2.24) is 14.4 Å².